The highest BCUT2D eigenvalue weighted by atomic mass is 16.5. The number of imide groups is 1. The van der Waals surface area contributed by atoms with Crippen molar-refractivity contribution < 1.29 is 14.3 Å². The van der Waals surface area contributed by atoms with Gasteiger partial charge in [-0.15, -0.1) is 0 Å². The number of likely N-dealkylation sites (N-methyl/N-ethyl adjacent to an activating group) is 1. The molecular formula is C11H20N2O3. The molecule has 5 heteroatoms. The van der Waals surface area contributed by atoms with Crippen molar-refractivity contribution in [3.8, 4) is 0 Å². The normalized spacial score (nSPS) is 19.4. The Morgan fingerprint density at radius 1 is 1.31 bits per heavy atom. The molecule has 0 bridgehead atoms. The zero-order valence-corrected chi connectivity index (χ0v) is 10.2. The van der Waals surface area contributed by atoms with Crippen molar-refractivity contribution in [3.05, 3.63) is 0 Å². The molecule has 1 rings (SSSR count). The Balaban J connectivity index is 2.61. The van der Waals surface area contributed by atoms with Crippen LogP contribution in [-0.4, -0.2) is 49.1 Å². The Morgan fingerprint density at radius 3 is 2.31 bits per heavy atom. The molecule has 0 saturated carbocycles. The molecular weight excluding hydrogens is 208 g/mol. The number of morpholine rings is 1. The summed E-state index contributed by atoms with van der Waals surface area (Å²) in [4.78, 5) is 24.3. The highest BCUT2D eigenvalue weighted by molar-refractivity contribution is 5.98. The van der Waals surface area contributed by atoms with E-state index in [1.165, 1.54) is 4.90 Å². The number of carbonyl (C=O) groups is 2. The van der Waals surface area contributed by atoms with Gasteiger partial charge in [0, 0.05) is 12.6 Å². The number of nitrogens with zero attached hydrogens (tertiary/aromatic N) is 1. The van der Waals surface area contributed by atoms with E-state index in [1.54, 1.807) is 0 Å². The number of nitrogens with one attached hydrogen (secondary N) is 1. The second-order valence-corrected chi connectivity index (χ2v) is 4.30. The second kappa shape index (κ2) is 5.96. The van der Waals surface area contributed by atoms with Crippen LogP contribution in [0.4, 0.5) is 0 Å². The van der Waals surface area contributed by atoms with Crippen molar-refractivity contribution in [2.75, 3.05) is 26.3 Å². The van der Waals surface area contributed by atoms with Crippen LogP contribution in [0.2, 0.25) is 0 Å². The lowest BCUT2D eigenvalue weighted by Gasteiger charge is -2.31. The molecule has 1 saturated heterocycles. The Bertz CT molecular complexity index is 250. The minimum atomic E-state index is -0.236. The summed E-state index contributed by atoms with van der Waals surface area (Å²) in [5.74, 6) is -0.0944. The number of carbonyl (C=O) groups excluding carboxylic acids is 2. The zero-order chi connectivity index (χ0) is 12.1. The molecule has 1 aliphatic heterocycles. The van der Waals surface area contributed by atoms with E-state index in [4.69, 9.17) is 4.74 Å². The molecule has 1 fully saturated rings. The minimum Gasteiger partial charge on any atom is -0.362 e. The van der Waals surface area contributed by atoms with Gasteiger partial charge in [-0.3, -0.25) is 14.5 Å². The minimum absolute atomic E-state index is 0.0165. The Morgan fingerprint density at radius 2 is 1.88 bits per heavy atom. The summed E-state index contributed by atoms with van der Waals surface area (Å²) in [6.07, 6.45) is 0. The average molecular weight is 228 g/mol. The van der Waals surface area contributed by atoms with Crippen LogP contribution in [0.5, 0.6) is 0 Å². The van der Waals surface area contributed by atoms with Gasteiger partial charge in [0.15, 0.2) is 0 Å². The van der Waals surface area contributed by atoms with Gasteiger partial charge in [-0.25, -0.2) is 0 Å². The second-order valence-electron chi connectivity index (χ2n) is 4.30. The van der Waals surface area contributed by atoms with Crippen molar-refractivity contribution in [2.24, 2.45) is 5.92 Å². The first kappa shape index (κ1) is 13.1. The molecule has 0 aliphatic carbocycles. The number of rotatable bonds is 5. The molecule has 0 aromatic rings. The van der Waals surface area contributed by atoms with E-state index in [1.807, 2.05) is 6.92 Å². The van der Waals surface area contributed by atoms with E-state index in [2.05, 4.69) is 19.2 Å². The zero-order valence-electron chi connectivity index (χ0n) is 10.2. The Labute approximate surface area is 96.1 Å². The van der Waals surface area contributed by atoms with Gasteiger partial charge in [0.25, 0.3) is 11.8 Å². The van der Waals surface area contributed by atoms with Gasteiger partial charge >= 0.3 is 0 Å². The van der Waals surface area contributed by atoms with Crippen molar-refractivity contribution in [3.63, 3.8) is 0 Å². The van der Waals surface area contributed by atoms with Crippen LogP contribution in [0, 0.1) is 5.92 Å². The first-order valence-electron chi connectivity index (χ1n) is 5.70. The third-order valence-corrected chi connectivity index (χ3v) is 2.70. The van der Waals surface area contributed by atoms with Gasteiger partial charge in [0.2, 0.25) is 0 Å². The summed E-state index contributed by atoms with van der Waals surface area (Å²) >= 11 is 0. The quantitative estimate of drug-likeness (QED) is 0.673. The number of hydrogen-bond acceptors (Lipinski definition) is 4. The first-order chi connectivity index (χ1) is 7.56. The predicted octanol–water partition coefficient (Wildman–Crippen LogP) is 0.00590. The molecule has 1 unspecified atom stereocenters. The summed E-state index contributed by atoms with van der Waals surface area (Å²) < 4.78 is 4.87. The van der Waals surface area contributed by atoms with Crippen molar-refractivity contribution in [2.45, 2.75) is 26.8 Å². The molecule has 16 heavy (non-hydrogen) atoms. The Hall–Kier alpha value is -0.940. The van der Waals surface area contributed by atoms with Gasteiger partial charge in [-0.1, -0.05) is 20.8 Å². The molecule has 92 valence electrons. The van der Waals surface area contributed by atoms with Crippen LogP contribution < -0.4 is 5.32 Å². The summed E-state index contributed by atoms with van der Waals surface area (Å²) in [7, 11) is 0. The predicted molar refractivity (Wildman–Crippen MR) is 59.8 cm³/mol. The van der Waals surface area contributed by atoms with E-state index in [0.29, 0.717) is 12.5 Å². The lowest BCUT2D eigenvalue weighted by molar-refractivity contribution is -0.159. The maximum Gasteiger partial charge on any atom is 0.255 e. The van der Waals surface area contributed by atoms with E-state index in [-0.39, 0.29) is 31.1 Å². The van der Waals surface area contributed by atoms with Gasteiger partial charge in [0.1, 0.15) is 13.2 Å². The van der Waals surface area contributed by atoms with Crippen molar-refractivity contribution >= 4 is 11.8 Å². The van der Waals surface area contributed by atoms with E-state index in [9.17, 15) is 9.59 Å². The van der Waals surface area contributed by atoms with Crippen LogP contribution in [0.25, 0.3) is 0 Å². The van der Waals surface area contributed by atoms with Crippen molar-refractivity contribution in [1.82, 2.24) is 10.2 Å². The molecule has 1 atom stereocenters. The smallest absolute Gasteiger partial charge is 0.255 e. The topological polar surface area (TPSA) is 58.6 Å². The summed E-state index contributed by atoms with van der Waals surface area (Å²) in [5.41, 5.74) is 0. The largest absolute Gasteiger partial charge is 0.362 e. The number of hydrogen-bond donors (Lipinski definition) is 1. The van der Waals surface area contributed by atoms with Gasteiger partial charge in [-0.2, -0.15) is 0 Å². The standard InChI is InChI=1S/C11H20N2O3/c1-4-12-9(8(2)3)5-13-10(14)6-16-7-11(13)15/h8-9,12H,4-7H2,1-3H3. The fourth-order valence-corrected chi connectivity index (χ4v) is 1.69. The lowest BCUT2D eigenvalue weighted by Crippen LogP contribution is -2.53. The SMILES string of the molecule is CCNC(CN1C(=O)COCC1=O)C(C)C. The summed E-state index contributed by atoms with van der Waals surface area (Å²) in [6, 6.07) is 0.149. The fraction of sp³-hybridized carbons (Fsp3) is 0.818. The highest BCUT2D eigenvalue weighted by Gasteiger charge is 2.29. The first-order valence-corrected chi connectivity index (χ1v) is 5.70. The monoisotopic (exact) mass is 228 g/mol. The van der Waals surface area contributed by atoms with Gasteiger partial charge in [-0.05, 0) is 12.5 Å². The molecule has 5 nitrogen and oxygen atoms in total. The highest BCUT2D eigenvalue weighted by Crippen LogP contribution is 2.08. The van der Waals surface area contributed by atoms with Gasteiger partial charge < -0.3 is 10.1 Å². The maximum absolute atomic E-state index is 11.5. The van der Waals surface area contributed by atoms with Crippen LogP contribution in [-0.2, 0) is 14.3 Å². The molecule has 0 radical (unpaired) electrons. The molecule has 0 spiro atoms. The third-order valence-electron chi connectivity index (χ3n) is 2.70. The molecule has 2 amide bonds. The average Bonchev–Trinajstić information content (AvgIpc) is 2.21. The molecule has 1 N–H and O–H groups in total. The Kier molecular flexibility index (Phi) is 4.89. The summed E-state index contributed by atoms with van der Waals surface area (Å²) in [5, 5.41) is 3.28. The van der Waals surface area contributed by atoms with Crippen molar-refractivity contribution in [1.29, 1.82) is 0 Å². The van der Waals surface area contributed by atoms with Crippen LogP contribution in [0.1, 0.15) is 20.8 Å². The van der Waals surface area contributed by atoms with E-state index in [0.717, 1.165) is 6.54 Å². The lowest BCUT2D eigenvalue weighted by atomic mass is 10.0. The van der Waals surface area contributed by atoms with Crippen LogP contribution in [0.3, 0.4) is 0 Å². The number of ether oxygens (including phenoxy) is 1. The molecule has 0 aromatic heterocycles. The van der Waals surface area contributed by atoms with Crippen LogP contribution in [0.15, 0.2) is 0 Å². The third kappa shape index (κ3) is 3.28. The molecule has 1 heterocycles. The summed E-state index contributed by atoms with van der Waals surface area (Å²) in [6.45, 7) is 7.46. The number of amides is 2. The van der Waals surface area contributed by atoms with Gasteiger partial charge in [0.05, 0.1) is 0 Å². The van der Waals surface area contributed by atoms with E-state index >= 15 is 0 Å². The fourth-order valence-electron chi connectivity index (χ4n) is 1.69. The molecule has 0 aromatic carbocycles. The molecule has 1 aliphatic rings. The van der Waals surface area contributed by atoms with Crippen LogP contribution >= 0.6 is 0 Å². The van der Waals surface area contributed by atoms with E-state index < -0.39 is 0 Å². The maximum atomic E-state index is 11.5.